The van der Waals surface area contributed by atoms with Crippen LogP contribution >= 0.6 is 0 Å². The van der Waals surface area contributed by atoms with Crippen molar-refractivity contribution in [2.75, 3.05) is 26.7 Å². The van der Waals surface area contributed by atoms with Gasteiger partial charge in [-0.1, -0.05) is 48.5 Å². The third-order valence-electron chi connectivity index (χ3n) is 5.11. The number of halogens is 3. The smallest absolute Gasteiger partial charge is 0.416 e. The summed E-state index contributed by atoms with van der Waals surface area (Å²) in [5.41, 5.74) is 0.219. The summed E-state index contributed by atoms with van der Waals surface area (Å²) in [6, 6.07) is 23.6. The van der Waals surface area contributed by atoms with Gasteiger partial charge in [-0.15, -0.1) is 0 Å². The van der Waals surface area contributed by atoms with Gasteiger partial charge in [0.15, 0.2) is 0 Å². The van der Waals surface area contributed by atoms with E-state index in [4.69, 9.17) is 9.47 Å². The molecule has 2 atom stereocenters. The lowest BCUT2D eigenvalue weighted by molar-refractivity contribution is -0.137. The second-order valence-corrected chi connectivity index (χ2v) is 7.87. The Labute approximate surface area is 192 Å². The highest BCUT2D eigenvalue weighted by Crippen LogP contribution is 2.32. The molecule has 7 heteroatoms. The normalized spacial score (nSPS) is 13.5. The summed E-state index contributed by atoms with van der Waals surface area (Å²) in [6.07, 6.45) is -4.80. The summed E-state index contributed by atoms with van der Waals surface area (Å²) in [5, 5.41) is 10.3. The molecular formula is C26H28F3NO3. The first-order valence-corrected chi connectivity index (χ1v) is 10.7. The minimum atomic E-state index is -4.38. The number of para-hydroxylation sites is 1. The van der Waals surface area contributed by atoms with E-state index in [2.05, 4.69) is 0 Å². The van der Waals surface area contributed by atoms with Crippen LogP contribution in [0.4, 0.5) is 13.2 Å². The number of hydrogen-bond donors (Lipinski definition) is 1. The molecule has 0 spiro atoms. The Morgan fingerprint density at radius 3 is 2.06 bits per heavy atom. The molecule has 0 aliphatic heterocycles. The van der Waals surface area contributed by atoms with Gasteiger partial charge in [-0.3, -0.25) is 0 Å². The van der Waals surface area contributed by atoms with Gasteiger partial charge in [0.05, 0.1) is 5.56 Å². The molecule has 33 heavy (non-hydrogen) atoms. The van der Waals surface area contributed by atoms with Crippen molar-refractivity contribution in [1.82, 2.24) is 4.90 Å². The van der Waals surface area contributed by atoms with E-state index in [1.54, 1.807) is 0 Å². The van der Waals surface area contributed by atoms with E-state index >= 15 is 0 Å². The first-order chi connectivity index (χ1) is 15.8. The van der Waals surface area contributed by atoms with Crippen LogP contribution in [0.1, 0.15) is 23.7 Å². The molecule has 0 fully saturated rings. The van der Waals surface area contributed by atoms with Crippen LogP contribution in [0.25, 0.3) is 0 Å². The Bertz CT molecular complexity index is 950. The lowest BCUT2D eigenvalue weighted by Gasteiger charge is -2.25. The minimum absolute atomic E-state index is 0.179. The van der Waals surface area contributed by atoms with Crippen LogP contribution in [0.15, 0.2) is 84.9 Å². The lowest BCUT2D eigenvalue weighted by atomic mass is 10.1. The maximum atomic E-state index is 12.8. The SMILES string of the molecule is CN(CCC(Oc1ccc(C(F)(F)F)cc1)c1ccccc1)CC(O)COc1ccccc1. The number of alkyl halides is 3. The van der Waals surface area contributed by atoms with Crippen LogP contribution in [0.5, 0.6) is 11.5 Å². The van der Waals surface area contributed by atoms with Gasteiger partial charge in [0.1, 0.15) is 30.3 Å². The summed E-state index contributed by atoms with van der Waals surface area (Å²) in [4.78, 5) is 1.98. The van der Waals surface area contributed by atoms with Gasteiger partial charge in [-0.25, -0.2) is 0 Å². The fraction of sp³-hybridized carbons (Fsp3) is 0.308. The molecule has 0 heterocycles. The number of rotatable bonds is 11. The van der Waals surface area contributed by atoms with Crippen LogP contribution in [-0.4, -0.2) is 42.9 Å². The van der Waals surface area contributed by atoms with Crippen molar-refractivity contribution >= 4 is 0 Å². The van der Waals surface area contributed by atoms with Gasteiger partial charge >= 0.3 is 6.18 Å². The number of ether oxygens (including phenoxy) is 2. The molecule has 0 saturated carbocycles. The van der Waals surface area contributed by atoms with E-state index in [1.165, 1.54) is 12.1 Å². The van der Waals surface area contributed by atoms with Gasteiger partial charge in [0.2, 0.25) is 0 Å². The molecule has 0 aromatic heterocycles. The summed E-state index contributed by atoms with van der Waals surface area (Å²) in [6.45, 7) is 1.20. The third-order valence-corrected chi connectivity index (χ3v) is 5.11. The first-order valence-electron chi connectivity index (χ1n) is 10.7. The van der Waals surface area contributed by atoms with Crippen molar-refractivity contribution in [2.45, 2.75) is 24.8 Å². The maximum absolute atomic E-state index is 12.8. The van der Waals surface area contributed by atoms with Crippen LogP contribution in [-0.2, 0) is 6.18 Å². The highest BCUT2D eigenvalue weighted by molar-refractivity contribution is 5.30. The fourth-order valence-corrected chi connectivity index (χ4v) is 3.40. The molecule has 0 bridgehead atoms. The highest BCUT2D eigenvalue weighted by Gasteiger charge is 2.30. The molecule has 4 nitrogen and oxygen atoms in total. The molecule has 0 aliphatic rings. The van der Waals surface area contributed by atoms with Gasteiger partial charge in [0, 0.05) is 19.5 Å². The van der Waals surface area contributed by atoms with Crippen molar-refractivity contribution in [2.24, 2.45) is 0 Å². The fourth-order valence-electron chi connectivity index (χ4n) is 3.40. The highest BCUT2D eigenvalue weighted by atomic mass is 19.4. The molecule has 2 unspecified atom stereocenters. The second-order valence-electron chi connectivity index (χ2n) is 7.87. The molecule has 3 rings (SSSR count). The van der Waals surface area contributed by atoms with Crippen LogP contribution < -0.4 is 9.47 Å². The summed E-state index contributed by atoms with van der Waals surface area (Å²) in [7, 11) is 1.89. The number of likely N-dealkylation sites (N-methyl/N-ethyl adjacent to an activating group) is 1. The number of nitrogens with zero attached hydrogens (tertiary/aromatic N) is 1. The van der Waals surface area contributed by atoms with Crippen molar-refractivity contribution in [1.29, 1.82) is 0 Å². The van der Waals surface area contributed by atoms with Crippen molar-refractivity contribution in [3.63, 3.8) is 0 Å². The maximum Gasteiger partial charge on any atom is 0.416 e. The van der Waals surface area contributed by atoms with Gasteiger partial charge in [0.25, 0.3) is 0 Å². The summed E-state index contributed by atoms with van der Waals surface area (Å²) >= 11 is 0. The van der Waals surface area contributed by atoms with E-state index in [0.29, 0.717) is 31.0 Å². The minimum Gasteiger partial charge on any atom is -0.491 e. The average Bonchev–Trinajstić information content (AvgIpc) is 2.81. The number of hydrogen-bond acceptors (Lipinski definition) is 4. The predicted octanol–water partition coefficient (Wildman–Crippen LogP) is 5.59. The van der Waals surface area contributed by atoms with E-state index < -0.39 is 17.8 Å². The van der Waals surface area contributed by atoms with Gasteiger partial charge < -0.3 is 19.5 Å². The Hall–Kier alpha value is -3.03. The number of aliphatic hydroxyl groups is 1. The van der Waals surface area contributed by atoms with Crippen molar-refractivity contribution in [3.8, 4) is 11.5 Å². The van der Waals surface area contributed by atoms with Crippen molar-refractivity contribution in [3.05, 3.63) is 96.1 Å². The molecule has 0 radical (unpaired) electrons. The van der Waals surface area contributed by atoms with E-state index in [9.17, 15) is 18.3 Å². The first kappa shape index (κ1) is 24.6. The largest absolute Gasteiger partial charge is 0.491 e. The monoisotopic (exact) mass is 459 g/mol. The predicted molar refractivity (Wildman–Crippen MR) is 121 cm³/mol. The molecule has 1 N–H and O–H groups in total. The standard InChI is InChI=1S/C26H28F3NO3/c1-30(18-22(31)19-32-23-10-6-3-7-11-23)17-16-25(20-8-4-2-5-9-20)33-24-14-12-21(13-15-24)26(27,28)29/h2-15,22,25,31H,16-19H2,1H3. The Balaban J connectivity index is 1.55. The molecular weight excluding hydrogens is 431 g/mol. The van der Waals surface area contributed by atoms with E-state index in [-0.39, 0.29) is 12.7 Å². The zero-order valence-corrected chi connectivity index (χ0v) is 18.4. The molecule has 3 aromatic carbocycles. The Kier molecular flexibility index (Phi) is 8.74. The average molecular weight is 460 g/mol. The van der Waals surface area contributed by atoms with Crippen LogP contribution in [0.3, 0.4) is 0 Å². The summed E-state index contributed by atoms with van der Waals surface area (Å²) < 4.78 is 50.2. The van der Waals surface area contributed by atoms with Crippen LogP contribution in [0.2, 0.25) is 0 Å². The van der Waals surface area contributed by atoms with E-state index in [0.717, 1.165) is 17.7 Å². The number of aliphatic hydroxyl groups excluding tert-OH is 1. The van der Waals surface area contributed by atoms with E-state index in [1.807, 2.05) is 72.6 Å². The Morgan fingerprint density at radius 2 is 1.45 bits per heavy atom. The molecule has 176 valence electrons. The summed E-state index contributed by atoms with van der Waals surface area (Å²) in [5.74, 6) is 1.07. The topological polar surface area (TPSA) is 41.9 Å². The van der Waals surface area contributed by atoms with Crippen molar-refractivity contribution < 1.29 is 27.8 Å². The third kappa shape index (κ3) is 8.11. The lowest BCUT2D eigenvalue weighted by Crippen LogP contribution is -2.34. The van der Waals surface area contributed by atoms with Crippen LogP contribution in [0, 0.1) is 0 Å². The molecule has 0 saturated heterocycles. The number of benzene rings is 3. The van der Waals surface area contributed by atoms with Gasteiger partial charge in [-0.05, 0) is 49.0 Å². The zero-order chi connectivity index (χ0) is 23.7. The molecule has 0 amide bonds. The zero-order valence-electron chi connectivity index (χ0n) is 18.4. The molecule has 0 aliphatic carbocycles. The quantitative estimate of drug-likeness (QED) is 0.406. The van der Waals surface area contributed by atoms with Gasteiger partial charge in [-0.2, -0.15) is 13.2 Å². The second kappa shape index (κ2) is 11.7. The molecule has 3 aromatic rings. The Morgan fingerprint density at radius 1 is 0.848 bits per heavy atom.